The van der Waals surface area contributed by atoms with Crippen LogP contribution in [0.2, 0.25) is 0 Å². The molecule has 0 saturated carbocycles. The van der Waals surface area contributed by atoms with Gasteiger partial charge >= 0.3 is 0 Å². The summed E-state index contributed by atoms with van der Waals surface area (Å²) in [4.78, 5) is 2.33. The van der Waals surface area contributed by atoms with Crippen LogP contribution in [0.5, 0.6) is 0 Å². The van der Waals surface area contributed by atoms with Crippen molar-refractivity contribution in [1.29, 1.82) is 0 Å². The molecule has 1 aromatic rings. The molecule has 0 aromatic carbocycles. The second-order valence-corrected chi connectivity index (χ2v) is 7.63. The number of H-pyrrole nitrogens is 1. The molecule has 1 N–H and O–H groups in total. The molecule has 0 radical (unpaired) electrons. The third-order valence-electron chi connectivity index (χ3n) is 4.31. The molecule has 1 saturated heterocycles. The average Bonchev–Trinajstić information content (AvgIpc) is 2.88. The van der Waals surface area contributed by atoms with Gasteiger partial charge < -0.3 is 4.90 Å². The minimum Gasteiger partial charge on any atom is -0.303 e. The third kappa shape index (κ3) is 3.26. The molecule has 8 heteroatoms. The monoisotopic (exact) mass is 334 g/mol. The van der Waals surface area contributed by atoms with Gasteiger partial charge in [-0.3, -0.25) is 5.10 Å². The minimum absolute atomic E-state index is 0.0259. The Balaban J connectivity index is 2.19. The van der Waals surface area contributed by atoms with E-state index in [1.165, 1.54) is 4.31 Å². The van der Waals surface area contributed by atoms with Gasteiger partial charge in [-0.2, -0.15) is 9.40 Å². The summed E-state index contributed by atoms with van der Waals surface area (Å²) in [5.41, 5.74) is 1.27. The van der Waals surface area contributed by atoms with Crippen LogP contribution >= 0.6 is 11.6 Å². The lowest BCUT2D eigenvalue weighted by molar-refractivity contribution is 0.176. The molecular formula is C13H23ClN4O2S. The van der Waals surface area contributed by atoms with E-state index in [9.17, 15) is 8.42 Å². The number of alkyl halides is 1. The highest BCUT2D eigenvalue weighted by Crippen LogP contribution is 2.25. The van der Waals surface area contributed by atoms with Gasteiger partial charge in [0.15, 0.2) is 5.03 Å². The van der Waals surface area contributed by atoms with E-state index in [1.54, 1.807) is 14.0 Å². The zero-order valence-electron chi connectivity index (χ0n) is 12.8. The van der Waals surface area contributed by atoms with Crippen molar-refractivity contribution < 1.29 is 8.42 Å². The van der Waals surface area contributed by atoms with Crippen molar-refractivity contribution in [2.45, 2.75) is 43.6 Å². The van der Waals surface area contributed by atoms with Crippen molar-refractivity contribution in [3.8, 4) is 0 Å². The van der Waals surface area contributed by atoms with E-state index in [0.717, 1.165) is 32.5 Å². The number of aromatic amines is 1. The van der Waals surface area contributed by atoms with E-state index in [2.05, 4.69) is 22.0 Å². The van der Waals surface area contributed by atoms with Gasteiger partial charge in [0.05, 0.1) is 5.88 Å². The van der Waals surface area contributed by atoms with Crippen LogP contribution in [0.15, 0.2) is 5.03 Å². The Labute approximate surface area is 131 Å². The number of aryl methyl sites for hydroxylation is 1. The highest BCUT2D eigenvalue weighted by molar-refractivity contribution is 7.89. The Morgan fingerprint density at radius 1 is 1.43 bits per heavy atom. The van der Waals surface area contributed by atoms with E-state index in [-0.39, 0.29) is 16.9 Å². The second-order valence-electron chi connectivity index (χ2n) is 5.45. The molecule has 0 aliphatic carbocycles. The van der Waals surface area contributed by atoms with E-state index in [1.807, 2.05) is 0 Å². The van der Waals surface area contributed by atoms with Crippen LogP contribution in [0, 0.1) is 6.92 Å². The number of aromatic nitrogens is 2. The number of nitrogens with one attached hydrogen (secondary N) is 1. The molecule has 0 amide bonds. The van der Waals surface area contributed by atoms with Crippen LogP contribution in [0.4, 0.5) is 0 Å². The first-order chi connectivity index (χ1) is 9.91. The summed E-state index contributed by atoms with van der Waals surface area (Å²) >= 11 is 5.86. The van der Waals surface area contributed by atoms with Gasteiger partial charge in [-0.25, -0.2) is 8.42 Å². The van der Waals surface area contributed by atoms with Gasteiger partial charge in [0.2, 0.25) is 0 Å². The van der Waals surface area contributed by atoms with Crippen LogP contribution in [-0.2, 0) is 15.9 Å². The zero-order valence-corrected chi connectivity index (χ0v) is 14.3. The second kappa shape index (κ2) is 6.64. The van der Waals surface area contributed by atoms with E-state index >= 15 is 0 Å². The number of hydrogen-bond acceptors (Lipinski definition) is 4. The van der Waals surface area contributed by atoms with E-state index in [0.29, 0.717) is 11.3 Å². The van der Waals surface area contributed by atoms with Gasteiger partial charge in [0.25, 0.3) is 10.0 Å². The summed E-state index contributed by atoms with van der Waals surface area (Å²) in [5, 5.41) is 6.74. The van der Waals surface area contributed by atoms with Gasteiger partial charge in [-0.15, -0.1) is 11.6 Å². The number of rotatable bonds is 5. The normalized spacial score (nSPS) is 18.5. The van der Waals surface area contributed by atoms with Crippen molar-refractivity contribution in [3.63, 3.8) is 0 Å². The lowest BCUT2D eigenvalue weighted by Crippen LogP contribution is -2.45. The Morgan fingerprint density at radius 2 is 2.05 bits per heavy atom. The molecule has 1 fully saturated rings. The maximum absolute atomic E-state index is 12.7. The average molecular weight is 335 g/mol. The van der Waals surface area contributed by atoms with Crippen molar-refractivity contribution in [1.82, 2.24) is 19.4 Å². The quantitative estimate of drug-likeness (QED) is 0.830. The van der Waals surface area contributed by atoms with Crippen LogP contribution in [0.3, 0.4) is 0 Å². The lowest BCUT2D eigenvalue weighted by Gasteiger charge is -2.35. The Kier molecular flexibility index (Phi) is 5.29. The number of likely N-dealkylation sites (tertiary alicyclic amines) is 1. The van der Waals surface area contributed by atoms with E-state index in [4.69, 9.17) is 11.6 Å². The molecule has 0 atom stereocenters. The highest BCUT2D eigenvalue weighted by atomic mass is 35.5. The number of halogens is 1. The molecule has 2 heterocycles. The van der Waals surface area contributed by atoms with Crippen LogP contribution < -0.4 is 0 Å². The topological polar surface area (TPSA) is 69.3 Å². The molecule has 6 nitrogen and oxygen atoms in total. The third-order valence-corrected chi connectivity index (χ3v) is 6.46. The highest BCUT2D eigenvalue weighted by Gasteiger charge is 2.34. The molecule has 0 spiro atoms. The number of sulfonamides is 1. The molecule has 1 aliphatic heterocycles. The first-order valence-electron chi connectivity index (χ1n) is 7.22. The van der Waals surface area contributed by atoms with Gasteiger partial charge in [0.1, 0.15) is 0 Å². The standard InChI is InChI=1S/C13H23ClN4O2S/c1-4-18-7-5-11(6-8-18)17(3)21(19,20)13-12(9-14)10(2)15-16-13/h11H,4-9H2,1-3H3,(H,15,16). The molecule has 1 aromatic heterocycles. The predicted molar refractivity (Wildman–Crippen MR) is 83.0 cm³/mol. The number of piperidine rings is 1. The Morgan fingerprint density at radius 3 is 2.57 bits per heavy atom. The molecule has 120 valence electrons. The summed E-state index contributed by atoms with van der Waals surface area (Å²) in [6, 6.07) is 0.0259. The van der Waals surface area contributed by atoms with Gasteiger partial charge in [-0.1, -0.05) is 6.92 Å². The van der Waals surface area contributed by atoms with Crippen LogP contribution in [0.25, 0.3) is 0 Å². The summed E-state index contributed by atoms with van der Waals surface area (Å²) < 4.78 is 27.0. The van der Waals surface area contributed by atoms with Gasteiger partial charge in [0, 0.05) is 24.3 Å². The lowest BCUT2D eigenvalue weighted by atomic mass is 10.1. The van der Waals surface area contributed by atoms with Crippen molar-refractivity contribution >= 4 is 21.6 Å². The molecular weight excluding hydrogens is 312 g/mol. The Hall–Kier alpha value is -0.630. The number of hydrogen-bond donors (Lipinski definition) is 1. The first kappa shape index (κ1) is 16.7. The smallest absolute Gasteiger partial charge is 0.262 e. The fourth-order valence-electron chi connectivity index (χ4n) is 2.73. The summed E-state index contributed by atoms with van der Waals surface area (Å²) in [6.45, 7) is 6.79. The van der Waals surface area contributed by atoms with Crippen LogP contribution in [0.1, 0.15) is 31.0 Å². The maximum atomic E-state index is 12.7. The fourth-order valence-corrected chi connectivity index (χ4v) is 4.71. The summed E-state index contributed by atoms with van der Waals surface area (Å²) in [6.07, 6.45) is 1.70. The predicted octanol–water partition coefficient (Wildman–Crippen LogP) is 1.56. The van der Waals surface area contributed by atoms with Crippen molar-refractivity contribution in [2.24, 2.45) is 0 Å². The zero-order chi connectivity index (χ0) is 15.6. The van der Waals surface area contributed by atoms with Crippen molar-refractivity contribution in [3.05, 3.63) is 11.3 Å². The molecule has 0 bridgehead atoms. The molecule has 1 aliphatic rings. The summed E-state index contributed by atoms with van der Waals surface area (Å²) in [7, 11) is -1.95. The molecule has 0 unspecified atom stereocenters. The van der Waals surface area contributed by atoms with Crippen molar-refractivity contribution in [2.75, 3.05) is 26.7 Å². The molecule has 2 rings (SSSR count). The minimum atomic E-state index is -3.60. The fraction of sp³-hybridized carbons (Fsp3) is 0.769. The molecule has 21 heavy (non-hydrogen) atoms. The maximum Gasteiger partial charge on any atom is 0.262 e. The number of nitrogens with zero attached hydrogens (tertiary/aromatic N) is 3. The van der Waals surface area contributed by atoms with Crippen LogP contribution in [-0.4, -0.2) is 60.5 Å². The van der Waals surface area contributed by atoms with Gasteiger partial charge in [-0.05, 0) is 39.4 Å². The SMILES string of the molecule is CCN1CCC(N(C)S(=O)(=O)c2n[nH]c(C)c2CCl)CC1. The summed E-state index contributed by atoms with van der Waals surface area (Å²) in [5.74, 6) is 0.138. The Bertz CT molecular complexity index is 579. The first-order valence-corrected chi connectivity index (χ1v) is 9.19. The largest absolute Gasteiger partial charge is 0.303 e. The van der Waals surface area contributed by atoms with E-state index < -0.39 is 10.0 Å².